The predicted molar refractivity (Wildman–Crippen MR) is 516 cm³/mol. The third-order valence-electron chi connectivity index (χ3n) is 25.5. The van der Waals surface area contributed by atoms with Gasteiger partial charge >= 0.3 is 0 Å². The van der Waals surface area contributed by atoms with Crippen LogP contribution in [0.2, 0.25) is 0 Å². The first-order chi connectivity index (χ1) is 55.2. The molecule has 0 saturated carbocycles. The average Bonchev–Trinajstić information content (AvgIpc) is 0.901. The van der Waals surface area contributed by atoms with Crippen molar-refractivity contribution in [3.05, 3.63) is 311 Å². The summed E-state index contributed by atoms with van der Waals surface area (Å²) in [6.07, 6.45) is 0. The van der Waals surface area contributed by atoms with Crippen molar-refractivity contribution in [2.75, 3.05) is 9.80 Å². The lowest BCUT2D eigenvalue weighted by Gasteiger charge is -2.46. The molecule has 0 saturated heterocycles. The number of rotatable bonds is 9. The van der Waals surface area contributed by atoms with Crippen LogP contribution >= 0.6 is 0 Å². The van der Waals surface area contributed by atoms with Crippen molar-refractivity contribution in [1.29, 1.82) is 0 Å². The summed E-state index contributed by atoms with van der Waals surface area (Å²) in [4.78, 5) is 5.55. The lowest BCUT2D eigenvalue weighted by molar-refractivity contribution is 0.568. The predicted octanol–water partition coefficient (Wildman–Crippen LogP) is 30.5. The van der Waals surface area contributed by atoms with Crippen LogP contribution in [0.3, 0.4) is 0 Å². The van der Waals surface area contributed by atoms with Crippen molar-refractivity contribution in [2.24, 2.45) is 0 Å². The molecule has 3 heterocycles. The summed E-state index contributed by atoms with van der Waals surface area (Å²) in [6.45, 7) is 63.4. The van der Waals surface area contributed by atoms with Crippen molar-refractivity contribution < 1.29 is 0 Å². The van der Waals surface area contributed by atoms with Crippen LogP contribution in [0.4, 0.5) is 34.1 Å². The van der Waals surface area contributed by atoms with E-state index in [0.29, 0.717) is 0 Å². The Morgan fingerprint density at radius 3 is 0.831 bits per heavy atom. The maximum absolute atomic E-state index is 2.77. The number of hydrogen-bond acceptors (Lipinski definition) is 2. The van der Waals surface area contributed by atoms with E-state index in [1.165, 1.54) is 122 Å². The topological polar surface area (TPSA) is 11.4 Å². The number of benzene rings is 13. The van der Waals surface area contributed by atoms with E-state index in [9.17, 15) is 0 Å². The lowest BCUT2D eigenvalue weighted by atomic mass is 9.33. The minimum Gasteiger partial charge on any atom is -0.310 e. The van der Waals surface area contributed by atoms with Crippen molar-refractivity contribution in [1.82, 2.24) is 4.57 Å². The van der Waals surface area contributed by atoms with Crippen molar-refractivity contribution >= 4 is 79.0 Å². The molecule has 3 nitrogen and oxygen atoms in total. The van der Waals surface area contributed by atoms with Gasteiger partial charge in [-0.1, -0.05) is 405 Å². The quantitative estimate of drug-likeness (QED) is 0.133. The first-order valence-electron chi connectivity index (χ1n) is 43.3. The Morgan fingerprint density at radius 1 is 0.203 bits per heavy atom. The van der Waals surface area contributed by atoms with E-state index in [0.717, 1.165) is 73.1 Å². The summed E-state index contributed by atoms with van der Waals surface area (Å²) in [5.41, 5.74) is 38.7. The number of anilines is 6. The molecule has 4 heteroatoms. The highest BCUT2D eigenvalue weighted by Gasteiger charge is 2.47. The zero-order valence-corrected chi connectivity index (χ0v) is 75.7. The first-order valence-corrected chi connectivity index (χ1v) is 43.3. The molecular weight excluding hydrogens is 1420 g/mol. The summed E-state index contributed by atoms with van der Waals surface area (Å²) in [7, 11) is 0. The molecule has 0 spiro atoms. The largest absolute Gasteiger partial charge is 0.310 e. The van der Waals surface area contributed by atoms with Gasteiger partial charge in [0.05, 0.1) is 28.1 Å². The highest BCUT2D eigenvalue weighted by molar-refractivity contribution is 7.00. The second-order valence-electron chi connectivity index (χ2n) is 43.7. The average molecular weight is 1550 g/mol. The van der Waals surface area contributed by atoms with Crippen LogP contribution in [0.15, 0.2) is 261 Å². The van der Waals surface area contributed by atoms with E-state index in [2.05, 4.69) is 462 Å². The Balaban J connectivity index is 1.16. The van der Waals surface area contributed by atoms with Crippen molar-refractivity contribution in [3.63, 3.8) is 0 Å². The highest BCUT2D eigenvalue weighted by Crippen LogP contribution is 2.56. The molecule has 1 aromatic heterocycles. The minimum absolute atomic E-state index is 0.0910. The number of fused-ring (bicyclic) bond motifs is 7. The van der Waals surface area contributed by atoms with E-state index >= 15 is 0 Å². The molecule has 0 radical (unpaired) electrons. The van der Waals surface area contributed by atoms with Gasteiger partial charge in [0.15, 0.2) is 0 Å². The fourth-order valence-electron chi connectivity index (χ4n) is 18.1. The Bertz CT molecular complexity index is 5790. The van der Waals surface area contributed by atoms with Gasteiger partial charge < -0.3 is 14.4 Å². The SMILES string of the molecule is CC(C)(C)c1cccc(-c2cccc(-c3cccc(C(C)(C)C)c3)c2N2c3ccc(-c4cc(C(C)(C)C)cc(C(C)(C)C)c4)cc3B3c4cc(-c5cc(C(C)(C)C)cc(C(C)(C)C)c5)ccc4N(c4c(-c5cccc(C(C)(C)C)c5)cccc4-c4cccc(C(C)(C)C)c4)c4cc(-n5c6ccccc6c6cc(C(C)(C)C)ccc65)cc2c43)c1. The van der Waals surface area contributed by atoms with Crippen LogP contribution in [0.1, 0.15) is 237 Å². The molecule has 14 aromatic rings. The standard InChI is InChI=1S/C114H124BN3/c1-106(2,3)79-40-30-36-73(56-79)89-45-34-46-90(74-37-31-41-80(57-74)107(4,5)6)104(89)117-99-53-50-71(77-60-84(111(16,17)18)66-85(61-77)112(19,20)21)64-95(99)115-96-65-72(78-62-86(113(22,23)24)67-87(63-78)114(25,26)27)51-54-100(96)118(102-70-88(69-101(117)103(102)115)116-97-49-29-28-44-93(97)94-68-83(110(13,14)15)52-55-98(94)116)105-91(75-38-32-42-81(58-75)108(7,8)9)47-35-48-92(105)76-39-33-43-82(59-76)109(10,11)12/h28-70H,1-27H3. The summed E-state index contributed by atoms with van der Waals surface area (Å²) >= 11 is 0. The first kappa shape index (κ1) is 81.1. The number of para-hydroxylation sites is 3. The van der Waals surface area contributed by atoms with Gasteiger partial charge in [0.25, 0.3) is 6.71 Å². The van der Waals surface area contributed by atoms with Crippen LogP contribution < -0.4 is 26.2 Å². The molecule has 2 aliphatic rings. The third kappa shape index (κ3) is 14.9. The fraction of sp³-hybridized carbons (Fsp3) is 0.316. The van der Waals surface area contributed by atoms with Gasteiger partial charge in [-0.2, -0.15) is 0 Å². The maximum Gasteiger partial charge on any atom is 0.252 e. The Labute approximate surface area is 707 Å². The summed E-state index contributed by atoms with van der Waals surface area (Å²) < 4.78 is 2.61. The van der Waals surface area contributed by atoms with Crippen LogP contribution in [0.5, 0.6) is 0 Å². The molecule has 2 aliphatic heterocycles. The van der Waals surface area contributed by atoms with Gasteiger partial charge in [-0.15, -0.1) is 0 Å². The molecule has 16 rings (SSSR count). The van der Waals surface area contributed by atoms with Crippen molar-refractivity contribution in [3.8, 4) is 72.4 Å². The van der Waals surface area contributed by atoms with Gasteiger partial charge in [-0.05, 0) is 202 Å². The second kappa shape index (κ2) is 28.5. The highest BCUT2D eigenvalue weighted by atomic mass is 15.2. The van der Waals surface area contributed by atoms with Crippen molar-refractivity contribution in [2.45, 2.75) is 236 Å². The third-order valence-corrected chi connectivity index (χ3v) is 25.5. The van der Waals surface area contributed by atoms with E-state index in [4.69, 9.17) is 0 Å². The lowest BCUT2D eigenvalue weighted by Crippen LogP contribution is -2.61. The van der Waals surface area contributed by atoms with Gasteiger partial charge in [0.2, 0.25) is 0 Å². The molecule has 0 amide bonds. The van der Waals surface area contributed by atoms with Gasteiger partial charge in [-0.25, -0.2) is 0 Å². The summed E-state index contributed by atoms with van der Waals surface area (Å²) in [6, 6.07) is 104. The monoisotopic (exact) mass is 1550 g/mol. The Hall–Kier alpha value is -10.7. The molecule has 0 aliphatic carbocycles. The Morgan fingerprint density at radius 2 is 0.500 bits per heavy atom. The molecule has 0 bridgehead atoms. The minimum atomic E-state index is -0.321. The van der Waals surface area contributed by atoms with E-state index in [1.807, 2.05) is 0 Å². The molecular formula is C114H124BN3. The maximum atomic E-state index is 2.77. The molecule has 0 unspecified atom stereocenters. The smallest absolute Gasteiger partial charge is 0.252 e. The summed E-state index contributed by atoms with van der Waals surface area (Å²) in [5.74, 6) is 0. The fourth-order valence-corrected chi connectivity index (χ4v) is 18.1. The van der Waals surface area contributed by atoms with Crippen LogP contribution in [0, 0.1) is 0 Å². The number of hydrogen-bond donors (Lipinski definition) is 0. The Kier molecular flexibility index (Phi) is 19.6. The zero-order valence-electron chi connectivity index (χ0n) is 75.7. The molecule has 598 valence electrons. The van der Waals surface area contributed by atoms with Gasteiger partial charge in [-0.3, -0.25) is 0 Å². The van der Waals surface area contributed by atoms with Gasteiger partial charge in [0.1, 0.15) is 0 Å². The number of aromatic nitrogens is 1. The molecule has 0 fully saturated rings. The summed E-state index contributed by atoms with van der Waals surface area (Å²) in [5, 5.41) is 2.46. The molecule has 0 N–H and O–H groups in total. The number of nitrogens with zero attached hydrogens (tertiary/aromatic N) is 3. The van der Waals surface area contributed by atoms with E-state index in [1.54, 1.807) is 0 Å². The van der Waals surface area contributed by atoms with Crippen LogP contribution in [-0.2, 0) is 48.7 Å². The normalized spacial score (nSPS) is 13.7. The van der Waals surface area contributed by atoms with Crippen LogP contribution in [0.25, 0.3) is 94.3 Å². The van der Waals surface area contributed by atoms with Crippen LogP contribution in [-0.4, -0.2) is 11.3 Å². The van der Waals surface area contributed by atoms with E-state index < -0.39 is 0 Å². The van der Waals surface area contributed by atoms with E-state index in [-0.39, 0.29) is 55.4 Å². The molecule has 0 atom stereocenters. The molecule has 118 heavy (non-hydrogen) atoms. The van der Waals surface area contributed by atoms with Gasteiger partial charge in [0, 0.05) is 55.8 Å². The second-order valence-corrected chi connectivity index (χ2v) is 43.7. The molecule has 13 aromatic carbocycles. The zero-order chi connectivity index (χ0) is 84.4.